The average molecular weight is 540 g/mol. The maximum absolute atomic E-state index is 13.7. The van der Waals surface area contributed by atoms with Gasteiger partial charge in [-0.15, -0.1) is 0 Å². The van der Waals surface area contributed by atoms with E-state index in [1.54, 1.807) is 6.20 Å². The molecule has 0 radical (unpaired) electrons. The Labute approximate surface area is 234 Å². The molecule has 208 valence electrons. The second kappa shape index (κ2) is 10.8. The van der Waals surface area contributed by atoms with Gasteiger partial charge in [0.05, 0.1) is 11.7 Å². The van der Waals surface area contributed by atoms with E-state index in [9.17, 15) is 9.59 Å². The number of aromatic amines is 1. The molecule has 9 nitrogen and oxygen atoms in total. The molecule has 1 unspecified atom stereocenters. The predicted molar refractivity (Wildman–Crippen MR) is 156 cm³/mol. The van der Waals surface area contributed by atoms with Gasteiger partial charge in [-0.3, -0.25) is 14.9 Å². The summed E-state index contributed by atoms with van der Waals surface area (Å²) in [7, 11) is 0. The number of aromatic nitrogens is 2. The number of benzene rings is 2. The fraction of sp³-hybridized carbons (Fsp3) is 0.419. The minimum absolute atomic E-state index is 0.00283. The van der Waals surface area contributed by atoms with E-state index in [1.165, 1.54) is 0 Å². The number of aliphatic imine (C=N–C) groups is 1. The van der Waals surface area contributed by atoms with Gasteiger partial charge >= 0.3 is 6.03 Å². The molecule has 3 N–H and O–H groups in total. The summed E-state index contributed by atoms with van der Waals surface area (Å²) in [6.07, 6.45) is 6.75. The number of carbonyl (C=O) groups excluding carboxylic acids is 2. The Morgan fingerprint density at radius 2 is 1.80 bits per heavy atom. The first-order valence-electron chi connectivity index (χ1n) is 14.3. The summed E-state index contributed by atoms with van der Waals surface area (Å²) in [5.74, 6) is 0.831. The van der Waals surface area contributed by atoms with Gasteiger partial charge < -0.3 is 20.4 Å². The lowest BCUT2D eigenvalue weighted by Gasteiger charge is -2.38. The van der Waals surface area contributed by atoms with Gasteiger partial charge in [-0.05, 0) is 56.2 Å². The van der Waals surface area contributed by atoms with Crippen LogP contribution in [-0.2, 0) is 11.2 Å². The van der Waals surface area contributed by atoms with Crippen LogP contribution in [0, 0.1) is 6.92 Å². The molecule has 40 heavy (non-hydrogen) atoms. The highest BCUT2D eigenvalue weighted by Crippen LogP contribution is 2.36. The molecule has 0 saturated carbocycles. The van der Waals surface area contributed by atoms with Gasteiger partial charge in [-0.25, -0.2) is 4.79 Å². The number of nitrogens with zero attached hydrogens (tertiary/aromatic N) is 4. The van der Waals surface area contributed by atoms with Crippen LogP contribution in [0.5, 0.6) is 0 Å². The maximum Gasteiger partial charge on any atom is 0.318 e. The molecule has 4 heterocycles. The van der Waals surface area contributed by atoms with Crippen LogP contribution >= 0.6 is 0 Å². The highest BCUT2D eigenvalue weighted by Gasteiger charge is 2.43. The fourth-order valence-corrected chi connectivity index (χ4v) is 6.24. The molecule has 3 amide bonds. The van der Waals surface area contributed by atoms with Crippen LogP contribution in [0.15, 0.2) is 65.9 Å². The van der Waals surface area contributed by atoms with Crippen molar-refractivity contribution < 1.29 is 9.59 Å². The van der Waals surface area contributed by atoms with Crippen LogP contribution in [0.1, 0.15) is 48.8 Å². The number of amidine groups is 1. The number of H-pyrrole nitrogens is 1. The topological polar surface area (TPSA) is 106 Å². The zero-order chi connectivity index (χ0) is 27.7. The standard InChI is InChI=1S/C31H37N7O2/c1-21-17-23(18-25-20-32-36-27(21)25)19-26(29(39)37-13-7-4-8-14-37)34-30(40)38-15-11-31(12-16-38)22(2)33-28(35-31)24-9-5-3-6-10-24/h3,5-6,9-10,17-18,20,26H,2,4,7-8,11-16,19H2,1H3,(H,32,36)(H,33,35)(H,34,40). The largest absolute Gasteiger partial charge is 0.342 e. The van der Waals surface area contributed by atoms with E-state index in [0.29, 0.717) is 32.4 Å². The number of urea groups is 1. The Morgan fingerprint density at radius 3 is 2.55 bits per heavy atom. The van der Waals surface area contributed by atoms with Crippen LogP contribution in [-0.4, -0.2) is 75.5 Å². The van der Waals surface area contributed by atoms with E-state index in [4.69, 9.17) is 4.99 Å². The Hall–Kier alpha value is -4.14. The average Bonchev–Trinajstić information content (AvgIpc) is 3.58. The van der Waals surface area contributed by atoms with Gasteiger partial charge in [-0.1, -0.05) is 43.0 Å². The smallest absolute Gasteiger partial charge is 0.318 e. The number of rotatable bonds is 5. The van der Waals surface area contributed by atoms with E-state index in [2.05, 4.69) is 39.5 Å². The first kappa shape index (κ1) is 26.1. The van der Waals surface area contributed by atoms with Gasteiger partial charge in [0.1, 0.15) is 17.4 Å². The highest BCUT2D eigenvalue weighted by molar-refractivity contribution is 6.02. The van der Waals surface area contributed by atoms with Crippen molar-refractivity contribution in [3.8, 4) is 0 Å². The van der Waals surface area contributed by atoms with Crippen LogP contribution in [0.2, 0.25) is 0 Å². The number of piperidine rings is 2. The number of hydrogen-bond acceptors (Lipinski definition) is 5. The Morgan fingerprint density at radius 1 is 1.05 bits per heavy atom. The summed E-state index contributed by atoms with van der Waals surface area (Å²) in [4.78, 5) is 36.0. The monoisotopic (exact) mass is 539 g/mol. The van der Waals surface area contributed by atoms with Crippen molar-refractivity contribution >= 4 is 28.7 Å². The Balaban J connectivity index is 1.16. The lowest BCUT2D eigenvalue weighted by Crippen LogP contribution is -2.56. The molecule has 3 aliphatic heterocycles. The first-order valence-corrected chi connectivity index (χ1v) is 14.3. The lowest BCUT2D eigenvalue weighted by molar-refractivity contribution is -0.134. The third kappa shape index (κ3) is 5.08. The third-order valence-electron chi connectivity index (χ3n) is 8.59. The summed E-state index contributed by atoms with van der Waals surface area (Å²) in [6.45, 7) is 8.88. The van der Waals surface area contributed by atoms with Crippen molar-refractivity contribution in [1.82, 2.24) is 30.6 Å². The van der Waals surface area contributed by atoms with E-state index >= 15 is 0 Å². The minimum atomic E-state index is -0.629. The van der Waals surface area contributed by atoms with Gasteiger partial charge in [-0.2, -0.15) is 5.10 Å². The molecule has 3 aliphatic rings. The molecule has 2 aromatic carbocycles. The first-order chi connectivity index (χ1) is 19.4. The van der Waals surface area contributed by atoms with Crippen molar-refractivity contribution in [3.05, 3.63) is 77.6 Å². The van der Waals surface area contributed by atoms with Crippen molar-refractivity contribution in [3.63, 3.8) is 0 Å². The molecule has 1 aromatic heterocycles. The van der Waals surface area contributed by atoms with Gasteiger partial charge in [0.15, 0.2) is 0 Å². The van der Waals surface area contributed by atoms with Gasteiger partial charge in [0.2, 0.25) is 5.91 Å². The highest BCUT2D eigenvalue weighted by atomic mass is 16.2. The normalized spacial score (nSPS) is 19.4. The summed E-state index contributed by atoms with van der Waals surface area (Å²) in [6, 6.07) is 13.4. The number of aryl methyl sites for hydroxylation is 1. The summed E-state index contributed by atoms with van der Waals surface area (Å²) in [5.41, 5.74) is 4.58. The van der Waals surface area contributed by atoms with Crippen LogP contribution in [0.4, 0.5) is 4.79 Å². The zero-order valence-electron chi connectivity index (χ0n) is 23.1. The molecular formula is C31H37N7O2. The van der Waals surface area contributed by atoms with Gasteiger partial charge in [0.25, 0.3) is 0 Å². The maximum atomic E-state index is 13.7. The summed E-state index contributed by atoms with van der Waals surface area (Å²) < 4.78 is 0. The molecule has 3 aromatic rings. The summed E-state index contributed by atoms with van der Waals surface area (Å²) >= 11 is 0. The minimum Gasteiger partial charge on any atom is -0.342 e. The molecule has 9 heteroatoms. The third-order valence-corrected chi connectivity index (χ3v) is 8.59. The van der Waals surface area contributed by atoms with E-state index in [0.717, 1.165) is 71.5 Å². The van der Waals surface area contributed by atoms with Crippen molar-refractivity contribution in [2.24, 2.45) is 4.99 Å². The van der Waals surface area contributed by atoms with Gasteiger partial charge in [0, 0.05) is 49.2 Å². The van der Waals surface area contributed by atoms with Crippen LogP contribution in [0.3, 0.4) is 0 Å². The quantitative estimate of drug-likeness (QED) is 0.457. The molecule has 0 aliphatic carbocycles. The summed E-state index contributed by atoms with van der Waals surface area (Å²) in [5, 5.41) is 14.7. The second-order valence-corrected chi connectivity index (χ2v) is 11.3. The SMILES string of the molecule is C=C1NC(c2ccccc2)=NC12CCN(C(=O)NC(Cc1cc(C)c3[nH]ncc3c1)C(=O)N1CCCCC1)CC2. The van der Waals surface area contributed by atoms with Crippen molar-refractivity contribution in [2.75, 3.05) is 26.2 Å². The van der Waals surface area contributed by atoms with Crippen LogP contribution < -0.4 is 10.6 Å². The number of amides is 3. The number of fused-ring (bicyclic) bond motifs is 1. The Bertz CT molecular complexity index is 1450. The molecule has 2 saturated heterocycles. The zero-order valence-corrected chi connectivity index (χ0v) is 23.1. The molecule has 1 atom stereocenters. The Kier molecular flexibility index (Phi) is 7.04. The van der Waals surface area contributed by atoms with E-state index < -0.39 is 11.6 Å². The lowest BCUT2D eigenvalue weighted by atomic mass is 9.86. The predicted octanol–water partition coefficient (Wildman–Crippen LogP) is 3.90. The second-order valence-electron chi connectivity index (χ2n) is 11.3. The number of likely N-dealkylation sites (tertiary alicyclic amines) is 2. The fourth-order valence-electron chi connectivity index (χ4n) is 6.24. The molecule has 2 fully saturated rings. The number of carbonyl (C=O) groups is 2. The molecule has 1 spiro atoms. The van der Waals surface area contributed by atoms with Crippen molar-refractivity contribution in [2.45, 2.75) is 57.0 Å². The molecular weight excluding hydrogens is 502 g/mol. The van der Waals surface area contributed by atoms with Crippen LogP contribution in [0.25, 0.3) is 10.9 Å². The molecule has 0 bridgehead atoms. The number of nitrogens with one attached hydrogen (secondary N) is 3. The van der Waals surface area contributed by atoms with E-state index in [1.807, 2.05) is 47.1 Å². The van der Waals surface area contributed by atoms with E-state index in [-0.39, 0.29) is 11.9 Å². The number of hydrogen-bond donors (Lipinski definition) is 3. The molecule has 6 rings (SSSR count). The van der Waals surface area contributed by atoms with Crippen molar-refractivity contribution in [1.29, 1.82) is 0 Å².